The largest absolute Gasteiger partial charge is 0.493 e. The van der Waals surface area contributed by atoms with E-state index in [1.54, 1.807) is 25.2 Å². The van der Waals surface area contributed by atoms with Gasteiger partial charge in [-0.1, -0.05) is 18.2 Å². The zero-order valence-corrected chi connectivity index (χ0v) is 23.5. The number of hydrogen-bond acceptors (Lipinski definition) is 8. The Morgan fingerprint density at radius 2 is 2.00 bits per heavy atom. The van der Waals surface area contributed by atoms with Crippen LogP contribution in [-0.2, 0) is 27.4 Å². The highest BCUT2D eigenvalue weighted by Crippen LogP contribution is 2.33. The summed E-state index contributed by atoms with van der Waals surface area (Å²) in [5.74, 6) is 1.65. The molecule has 0 saturated carbocycles. The number of carbonyl (C=O) groups excluding carboxylic acids is 2. The first kappa shape index (κ1) is 28.7. The molecule has 2 aliphatic rings. The van der Waals surface area contributed by atoms with E-state index in [-0.39, 0.29) is 30.5 Å². The van der Waals surface area contributed by atoms with Crippen LogP contribution in [0.1, 0.15) is 34.3 Å². The van der Waals surface area contributed by atoms with Gasteiger partial charge in [-0.3, -0.25) is 14.5 Å². The summed E-state index contributed by atoms with van der Waals surface area (Å²) in [7, 11) is 3.28. The highest BCUT2D eigenvalue weighted by molar-refractivity contribution is 5.94. The lowest BCUT2D eigenvalue weighted by molar-refractivity contribution is -0.125. The molecule has 1 fully saturated rings. The molecule has 2 aliphatic heterocycles. The highest BCUT2D eigenvalue weighted by atomic mass is 16.5. The summed E-state index contributed by atoms with van der Waals surface area (Å²) in [6.45, 7) is 3.18. The molecule has 0 radical (unpaired) electrons. The average molecular weight is 564 g/mol. The predicted molar refractivity (Wildman–Crippen MR) is 151 cm³/mol. The number of furan rings is 1. The molecule has 218 valence electrons. The molecule has 0 aliphatic carbocycles. The quantitative estimate of drug-likeness (QED) is 0.452. The van der Waals surface area contributed by atoms with Gasteiger partial charge in [-0.2, -0.15) is 0 Å². The fraction of sp³-hybridized carbons (Fsp3) is 0.419. The Morgan fingerprint density at radius 3 is 2.80 bits per heavy atom. The molecular formula is C31H37N3O7. The first-order valence-electron chi connectivity index (χ1n) is 13.9. The Balaban J connectivity index is 1.42. The Morgan fingerprint density at radius 1 is 1.10 bits per heavy atom. The standard InChI is InChI=1S/C31H37N3O7/c1-37-13-4-11-33-17-22-7-8-28(38-2)29(16-22)41-25-6-3-5-23(15-25)20-40-27-9-12-34(18-26(27)32-30(35)19-33)31(36)24-10-14-39-21-24/h3,5-8,10,14-16,21,26-27H,4,9,11-13,17-20H2,1-2H3,(H,32,35)/t26-,27+/m0/s1. The normalized spacial score (nSPS) is 20.0. The van der Waals surface area contributed by atoms with E-state index in [2.05, 4.69) is 10.2 Å². The Kier molecular flexibility index (Phi) is 9.55. The van der Waals surface area contributed by atoms with Crippen LogP contribution in [0.2, 0.25) is 0 Å². The van der Waals surface area contributed by atoms with Gasteiger partial charge in [0.05, 0.1) is 44.2 Å². The fourth-order valence-electron chi connectivity index (χ4n) is 5.31. The summed E-state index contributed by atoms with van der Waals surface area (Å²) in [6.07, 6.45) is 4.03. The Hall–Kier alpha value is -3.86. The maximum atomic E-state index is 13.4. The lowest BCUT2D eigenvalue weighted by atomic mass is 10.0. The molecule has 2 amide bonds. The average Bonchev–Trinajstić information content (AvgIpc) is 3.51. The summed E-state index contributed by atoms with van der Waals surface area (Å²) in [5.41, 5.74) is 2.42. The minimum Gasteiger partial charge on any atom is -0.493 e. The van der Waals surface area contributed by atoms with Crippen molar-refractivity contribution < 1.29 is 33.0 Å². The van der Waals surface area contributed by atoms with Crippen molar-refractivity contribution in [1.29, 1.82) is 0 Å². The molecule has 3 heterocycles. The molecule has 1 N–H and O–H groups in total. The number of carbonyl (C=O) groups is 2. The summed E-state index contributed by atoms with van der Waals surface area (Å²) < 4.78 is 28.6. The summed E-state index contributed by atoms with van der Waals surface area (Å²) in [4.78, 5) is 30.3. The molecule has 1 saturated heterocycles. The molecule has 1 aromatic heterocycles. The van der Waals surface area contributed by atoms with Crippen molar-refractivity contribution in [3.63, 3.8) is 0 Å². The third kappa shape index (κ3) is 7.46. The number of hydrogen-bond donors (Lipinski definition) is 1. The molecule has 0 spiro atoms. The summed E-state index contributed by atoms with van der Waals surface area (Å²) in [6, 6.07) is 14.9. The van der Waals surface area contributed by atoms with Gasteiger partial charge in [-0.15, -0.1) is 0 Å². The summed E-state index contributed by atoms with van der Waals surface area (Å²) in [5, 5.41) is 3.18. The minimum atomic E-state index is -0.368. The summed E-state index contributed by atoms with van der Waals surface area (Å²) >= 11 is 0. The van der Waals surface area contributed by atoms with Gasteiger partial charge in [0, 0.05) is 39.9 Å². The Labute approximate surface area is 240 Å². The zero-order valence-electron chi connectivity index (χ0n) is 23.5. The topological polar surface area (TPSA) is 103 Å². The number of nitrogens with zero attached hydrogens (tertiary/aromatic N) is 2. The second-order valence-electron chi connectivity index (χ2n) is 10.4. The first-order valence-corrected chi connectivity index (χ1v) is 13.9. The molecule has 2 atom stereocenters. The second kappa shape index (κ2) is 13.7. The maximum Gasteiger partial charge on any atom is 0.257 e. The van der Waals surface area contributed by atoms with Gasteiger partial charge < -0.3 is 33.6 Å². The van der Waals surface area contributed by atoms with Crippen molar-refractivity contribution in [3.05, 3.63) is 77.7 Å². The number of fused-ring (bicyclic) bond motifs is 5. The van der Waals surface area contributed by atoms with Crippen LogP contribution in [0.15, 0.2) is 65.5 Å². The number of likely N-dealkylation sites (tertiary alicyclic amines) is 1. The number of ether oxygens (including phenoxy) is 4. The molecule has 0 unspecified atom stereocenters. The van der Waals surface area contributed by atoms with Gasteiger partial charge in [-0.25, -0.2) is 0 Å². The monoisotopic (exact) mass is 563 g/mol. The predicted octanol–water partition coefficient (Wildman–Crippen LogP) is 3.85. The van der Waals surface area contributed by atoms with E-state index in [1.807, 2.05) is 42.5 Å². The van der Waals surface area contributed by atoms with Crippen LogP contribution in [0.4, 0.5) is 0 Å². The van der Waals surface area contributed by atoms with Crippen molar-refractivity contribution in [1.82, 2.24) is 15.1 Å². The molecule has 4 bridgehead atoms. The molecule has 5 rings (SSSR count). The zero-order chi connectivity index (χ0) is 28.6. The SMILES string of the molecule is COCCCN1CC(=O)N[C@H]2CN(C(=O)c3ccoc3)CC[C@H]2OCc2cccc(c2)Oc2cc(ccc2OC)C1. The van der Waals surface area contributed by atoms with E-state index in [0.29, 0.717) is 68.6 Å². The number of methoxy groups -OCH3 is 2. The fourth-order valence-corrected chi connectivity index (χ4v) is 5.31. The molecular weight excluding hydrogens is 526 g/mol. The number of benzene rings is 2. The smallest absolute Gasteiger partial charge is 0.257 e. The van der Waals surface area contributed by atoms with E-state index in [4.69, 9.17) is 23.4 Å². The van der Waals surface area contributed by atoms with Crippen molar-refractivity contribution in [2.75, 3.05) is 47.0 Å². The van der Waals surface area contributed by atoms with Gasteiger partial charge in [0.15, 0.2) is 11.5 Å². The van der Waals surface area contributed by atoms with Crippen molar-refractivity contribution in [2.45, 2.75) is 38.1 Å². The van der Waals surface area contributed by atoms with Gasteiger partial charge in [0.1, 0.15) is 12.0 Å². The van der Waals surface area contributed by atoms with E-state index in [9.17, 15) is 9.59 Å². The first-order chi connectivity index (χ1) is 20.0. The van der Waals surface area contributed by atoms with E-state index in [0.717, 1.165) is 17.5 Å². The van der Waals surface area contributed by atoms with E-state index in [1.165, 1.54) is 12.5 Å². The van der Waals surface area contributed by atoms with Gasteiger partial charge in [0.2, 0.25) is 5.91 Å². The van der Waals surface area contributed by atoms with Crippen molar-refractivity contribution in [3.8, 4) is 17.2 Å². The number of rotatable bonds is 6. The number of piperidine rings is 1. The van der Waals surface area contributed by atoms with Crippen LogP contribution in [-0.4, -0.2) is 80.8 Å². The van der Waals surface area contributed by atoms with E-state index >= 15 is 0 Å². The third-order valence-electron chi connectivity index (χ3n) is 7.37. The van der Waals surface area contributed by atoms with Crippen molar-refractivity contribution in [2.24, 2.45) is 0 Å². The van der Waals surface area contributed by atoms with Gasteiger partial charge in [-0.05, 0) is 54.3 Å². The lowest BCUT2D eigenvalue weighted by Gasteiger charge is -2.39. The molecule has 3 aromatic rings. The van der Waals surface area contributed by atoms with Gasteiger partial charge in [0.25, 0.3) is 5.91 Å². The van der Waals surface area contributed by atoms with Gasteiger partial charge >= 0.3 is 0 Å². The van der Waals surface area contributed by atoms with Crippen LogP contribution < -0.4 is 14.8 Å². The minimum absolute atomic E-state index is 0.125. The van der Waals surface area contributed by atoms with E-state index < -0.39 is 0 Å². The number of amides is 2. The number of nitrogens with one attached hydrogen (secondary N) is 1. The van der Waals surface area contributed by atoms with Crippen molar-refractivity contribution >= 4 is 11.8 Å². The molecule has 2 aromatic carbocycles. The lowest BCUT2D eigenvalue weighted by Crippen LogP contribution is -2.58. The molecule has 10 heteroatoms. The second-order valence-corrected chi connectivity index (χ2v) is 10.4. The maximum absolute atomic E-state index is 13.4. The Bertz CT molecular complexity index is 1310. The highest BCUT2D eigenvalue weighted by Gasteiger charge is 2.34. The third-order valence-corrected chi connectivity index (χ3v) is 7.37. The van der Waals surface area contributed by atoms with Crippen LogP contribution in [0.3, 0.4) is 0 Å². The van der Waals surface area contributed by atoms with Crippen LogP contribution >= 0.6 is 0 Å². The van der Waals surface area contributed by atoms with Crippen LogP contribution in [0.5, 0.6) is 17.2 Å². The van der Waals surface area contributed by atoms with Crippen LogP contribution in [0.25, 0.3) is 0 Å². The van der Waals surface area contributed by atoms with Crippen LogP contribution in [0, 0.1) is 0 Å². The molecule has 10 nitrogen and oxygen atoms in total. The molecule has 41 heavy (non-hydrogen) atoms.